The number of aromatic hydroxyl groups is 1. The second-order valence-corrected chi connectivity index (χ2v) is 7.99. The fraction of sp³-hybridized carbons (Fsp3) is 0.0870. The second-order valence-electron chi connectivity index (χ2n) is 7.04. The van der Waals surface area contributed by atoms with Crippen LogP contribution in [0.4, 0.5) is 0 Å². The number of nitrogens with zero attached hydrogens (tertiary/aromatic N) is 2. The van der Waals surface area contributed by atoms with E-state index in [4.69, 9.17) is 9.47 Å². The smallest absolute Gasteiger partial charge is 0.281 e. The van der Waals surface area contributed by atoms with Crippen molar-refractivity contribution in [2.75, 3.05) is 6.79 Å². The van der Waals surface area contributed by atoms with Gasteiger partial charge in [0.15, 0.2) is 11.5 Å². The average Bonchev–Trinajstić information content (AvgIpc) is 3.51. The Morgan fingerprint density at radius 1 is 1.12 bits per heavy atom. The van der Waals surface area contributed by atoms with Crippen LogP contribution in [-0.2, 0) is 6.54 Å². The minimum absolute atomic E-state index is 0.120. The maximum Gasteiger partial charge on any atom is 0.281 e. The molecule has 0 atom stereocenters. The Bertz CT molecular complexity index is 1410. The number of carbonyl (C=O) groups excluding carboxylic acids is 1. The van der Waals surface area contributed by atoms with Crippen molar-refractivity contribution >= 4 is 34.2 Å². The molecule has 5 rings (SSSR count). The molecule has 1 aliphatic rings. The third kappa shape index (κ3) is 3.58. The van der Waals surface area contributed by atoms with Crippen molar-refractivity contribution in [2.45, 2.75) is 6.54 Å². The van der Waals surface area contributed by atoms with Crippen LogP contribution in [0, 0.1) is 0 Å². The highest BCUT2D eigenvalue weighted by Crippen LogP contribution is 2.33. The normalized spacial score (nSPS) is 12.5. The summed E-state index contributed by atoms with van der Waals surface area (Å²) in [4.78, 5) is 25.8. The van der Waals surface area contributed by atoms with E-state index >= 15 is 0 Å². The van der Waals surface area contributed by atoms with E-state index in [9.17, 15) is 14.7 Å². The highest BCUT2D eigenvalue weighted by molar-refractivity contribution is 7.12. The number of rotatable bonds is 5. The van der Waals surface area contributed by atoms with E-state index in [1.807, 2.05) is 6.07 Å². The van der Waals surface area contributed by atoms with Crippen LogP contribution < -0.4 is 20.5 Å². The van der Waals surface area contributed by atoms with Gasteiger partial charge in [-0.3, -0.25) is 14.2 Å². The molecule has 0 unspecified atom stereocenters. The molecule has 0 aliphatic carbocycles. The summed E-state index contributed by atoms with van der Waals surface area (Å²) in [5.41, 5.74) is 3.20. The molecular weight excluding hydrogens is 430 g/mol. The molecule has 2 N–H and O–H groups in total. The topological polar surface area (TPSA) is 102 Å². The summed E-state index contributed by atoms with van der Waals surface area (Å²) in [5, 5.41) is 17.7. The van der Waals surface area contributed by atoms with Crippen molar-refractivity contribution in [3.05, 3.63) is 86.3 Å². The van der Waals surface area contributed by atoms with Crippen molar-refractivity contribution in [3.8, 4) is 17.4 Å². The van der Waals surface area contributed by atoms with Gasteiger partial charge in [0.25, 0.3) is 11.5 Å². The quantitative estimate of drug-likeness (QED) is 0.361. The van der Waals surface area contributed by atoms with E-state index < -0.39 is 0 Å². The number of hydrogen-bond acceptors (Lipinski definition) is 7. The average molecular weight is 447 g/mol. The lowest BCUT2D eigenvalue weighted by atomic mass is 10.1. The first kappa shape index (κ1) is 19.8. The number of nitrogens with one attached hydrogen (secondary N) is 1. The standard InChI is InChI=1S/C23H17N3O5S/c27-21(20-6-3-9-32-20)25-24-11-17-15-4-1-2-5-16(15)22(28)26(23(17)29)12-14-7-8-18-19(10-14)31-13-30-18/h1-11,29H,12-13H2,(H,25,27)/b24-11+. The van der Waals surface area contributed by atoms with Crippen LogP contribution >= 0.6 is 11.3 Å². The highest BCUT2D eigenvalue weighted by atomic mass is 32.1. The minimum atomic E-state index is -0.353. The molecule has 160 valence electrons. The second kappa shape index (κ2) is 8.20. The highest BCUT2D eigenvalue weighted by Gasteiger charge is 2.18. The van der Waals surface area contributed by atoms with E-state index in [1.54, 1.807) is 53.9 Å². The summed E-state index contributed by atoms with van der Waals surface area (Å²) in [6.07, 6.45) is 1.35. The number of carbonyl (C=O) groups is 1. The zero-order valence-corrected chi connectivity index (χ0v) is 17.5. The summed E-state index contributed by atoms with van der Waals surface area (Å²) in [6, 6.07) is 15.8. The van der Waals surface area contributed by atoms with Crippen molar-refractivity contribution in [1.82, 2.24) is 9.99 Å². The molecule has 0 saturated heterocycles. The van der Waals surface area contributed by atoms with E-state index in [0.717, 1.165) is 5.56 Å². The van der Waals surface area contributed by atoms with Gasteiger partial charge in [-0.15, -0.1) is 11.3 Å². The SMILES string of the molecule is O=C(N/N=C/c1c(O)n(Cc2ccc3c(c2)OCO3)c(=O)c2ccccc12)c1cccs1. The number of fused-ring (bicyclic) bond motifs is 2. The first-order valence-electron chi connectivity index (χ1n) is 9.72. The fourth-order valence-corrected chi connectivity index (χ4v) is 4.14. The Balaban J connectivity index is 1.53. The molecule has 0 fully saturated rings. The van der Waals surface area contributed by atoms with Crippen molar-refractivity contribution in [1.29, 1.82) is 0 Å². The predicted molar refractivity (Wildman–Crippen MR) is 121 cm³/mol. The molecule has 1 aliphatic heterocycles. The van der Waals surface area contributed by atoms with Crippen LogP contribution in [0.5, 0.6) is 17.4 Å². The van der Waals surface area contributed by atoms with Gasteiger partial charge in [0.1, 0.15) is 0 Å². The summed E-state index contributed by atoms with van der Waals surface area (Å²) >= 11 is 1.30. The number of hydrazone groups is 1. The van der Waals surface area contributed by atoms with Crippen molar-refractivity contribution < 1.29 is 19.4 Å². The monoisotopic (exact) mass is 447 g/mol. The number of hydrogen-bond donors (Lipinski definition) is 2. The van der Waals surface area contributed by atoms with Gasteiger partial charge < -0.3 is 14.6 Å². The molecular formula is C23H17N3O5S. The molecule has 4 aromatic rings. The Labute approximate surface area is 186 Å². The molecule has 0 spiro atoms. The molecule has 1 amide bonds. The minimum Gasteiger partial charge on any atom is -0.494 e. The number of pyridine rings is 1. The van der Waals surface area contributed by atoms with Gasteiger partial charge in [0.2, 0.25) is 12.7 Å². The maximum atomic E-state index is 13.1. The Morgan fingerprint density at radius 2 is 1.94 bits per heavy atom. The zero-order valence-electron chi connectivity index (χ0n) is 16.6. The van der Waals surface area contributed by atoms with E-state index in [-0.39, 0.29) is 30.7 Å². The zero-order chi connectivity index (χ0) is 22.1. The third-order valence-electron chi connectivity index (χ3n) is 5.07. The summed E-state index contributed by atoms with van der Waals surface area (Å²) < 4.78 is 12.0. The molecule has 2 aromatic heterocycles. The van der Waals surface area contributed by atoms with E-state index in [2.05, 4.69) is 10.5 Å². The van der Waals surface area contributed by atoms with Crippen LogP contribution in [0.2, 0.25) is 0 Å². The molecule has 0 saturated carbocycles. The van der Waals surface area contributed by atoms with Gasteiger partial charge in [0, 0.05) is 10.8 Å². The molecule has 9 heteroatoms. The lowest BCUT2D eigenvalue weighted by Gasteiger charge is -2.14. The Morgan fingerprint density at radius 3 is 2.75 bits per heavy atom. The van der Waals surface area contributed by atoms with Gasteiger partial charge in [-0.05, 0) is 35.2 Å². The van der Waals surface area contributed by atoms with Crippen LogP contribution in [-0.4, -0.2) is 28.6 Å². The van der Waals surface area contributed by atoms with Crippen molar-refractivity contribution in [2.24, 2.45) is 5.10 Å². The van der Waals surface area contributed by atoms with Crippen LogP contribution in [0.3, 0.4) is 0 Å². The summed E-state index contributed by atoms with van der Waals surface area (Å²) in [6.45, 7) is 0.270. The third-order valence-corrected chi connectivity index (χ3v) is 5.94. The lowest BCUT2D eigenvalue weighted by Crippen LogP contribution is -2.22. The maximum absolute atomic E-state index is 13.1. The molecule has 0 bridgehead atoms. The first-order valence-corrected chi connectivity index (χ1v) is 10.6. The lowest BCUT2D eigenvalue weighted by molar-refractivity contribution is 0.0959. The van der Waals surface area contributed by atoms with Crippen LogP contribution in [0.1, 0.15) is 20.8 Å². The predicted octanol–water partition coefficient (Wildman–Crippen LogP) is 3.31. The van der Waals surface area contributed by atoms with Gasteiger partial charge in [-0.25, -0.2) is 5.43 Å². The van der Waals surface area contributed by atoms with Crippen molar-refractivity contribution in [3.63, 3.8) is 0 Å². The number of thiophene rings is 1. The summed E-state index contributed by atoms with van der Waals surface area (Å²) in [5.74, 6) is 0.626. The van der Waals surface area contributed by atoms with Gasteiger partial charge in [-0.1, -0.05) is 30.3 Å². The summed E-state index contributed by atoms with van der Waals surface area (Å²) in [7, 11) is 0. The van der Waals surface area contributed by atoms with Crippen LogP contribution in [0.25, 0.3) is 10.8 Å². The number of ether oxygens (including phenoxy) is 2. The van der Waals surface area contributed by atoms with Crippen LogP contribution in [0.15, 0.2) is 69.9 Å². The number of benzene rings is 2. The Hall–Kier alpha value is -4.11. The fourth-order valence-electron chi connectivity index (χ4n) is 3.53. The molecule has 3 heterocycles. The molecule has 2 aromatic carbocycles. The first-order chi connectivity index (χ1) is 15.6. The number of aromatic nitrogens is 1. The molecule has 8 nitrogen and oxygen atoms in total. The largest absolute Gasteiger partial charge is 0.494 e. The Kier molecular flexibility index (Phi) is 5.08. The number of amides is 1. The van der Waals surface area contributed by atoms with Gasteiger partial charge >= 0.3 is 0 Å². The van der Waals surface area contributed by atoms with Gasteiger partial charge in [0.05, 0.1) is 23.2 Å². The molecule has 32 heavy (non-hydrogen) atoms. The molecule has 0 radical (unpaired) electrons. The van der Waals surface area contributed by atoms with Gasteiger partial charge in [-0.2, -0.15) is 5.10 Å². The van der Waals surface area contributed by atoms with E-state index in [0.29, 0.717) is 32.7 Å². The van der Waals surface area contributed by atoms with E-state index in [1.165, 1.54) is 22.1 Å².